The molecule has 7 heteroatoms. The largest absolute Gasteiger partial charge is 0.324 e. The summed E-state index contributed by atoms with van der Waals surface area (Å²) in [5, 5.41) is 16.6. The zero-order chi connectivity index (χ0) is 13.8. The number of nitro groups is 1. The number of carbonyl (C=O) groups is 1. The van der Waals surface area contributed by atoms with Crippen LogP contribution in [0.1, 0.15) is 5.56 Å². The lowest BCUT2D eigenvalue weighted by atomic mass is 10.1. The molecule has 6 nitrogen and oxygen atoms in total. The molecule has 19 heavy (non-hydrogen) atoms. The zero-order valence-electron chi connectivity index (χ0n) is 10.5. The van der Waals surface area contributed by atoms with Gasteiger partial charge in [0.25, 0.3) is 5.69 Å². The van der Waals surface area contributed by atoms with Gasteiger partial charge in [0.05, 0.1) is 16.7 Å². The van der Waals surface area contributed by atoms with Crippen molar-refractivity contribution in [1.29, 1.82) is 0 Å². The van der Waals surface area contributed by atoms with Gasteiger partial charge in [-0.1, -0.05) is 6.07 Å². The zero-order valence-corrected chi connectivity index (χ0v) is 11.3. The number of rotatable bonds is 3. The average Bonchev–Trinajstić information content (AvgIpc) is 2.42. The van der Waals surface area contributed by atoms with E-state index in [0.717, 1.165) is 23.6 Å². The van der Waals surface area contributed by atoms with Crippen molar-refractivity contribution < 1.29 is 9.72 Å². The van der Waals surface area contributed by atoms with Crippen molar-refractivity contribution >= 4 is 29.0 Å². The molecule has 1 aliphatic rings. The van der Waals surface area contributed by atoms with E-state index in [2.05, 4.69) is 10.6 Å². The van der Waals surface area contributed by atoms with E-state index >= 15 is 0 Å². The Hall–Kier alpha value is -1.60. The third-order valence-electron chi connectivity index (χ3n) is 2.93. The highest BCUT2D eigenvalue weighted by molar-refractivity contribution is 7.99. The molecule has 1 aromatic rings. The van der Waals surface area contributed by atoms with Gasteiger partial charge >= 0.3 is 0 Å². The highest BCUT2D eigenvalue weighted by Crippen LogP contribution is 2.22. The standard InChI is InChI=1S/C12H15N3O3S/c1-8-2-3-9(15(17)18)6-10(8)14-12(16)11-7-19-5-4-13-11/h2-3,6,11,13H,4-5,7H2,1H3,(H,14,16). The normalized spacial score (nSPS) is 18.9. The van der Waals surface area contributed by atoms with Crippen molar-refractivity contribution in [2.24, 2.45) is 0 Å². The fourth-order valence-corrected chi connectivity index (χ4v) is 2.75. The molecule has 1 unspecified atom stereocenters. The Bertz CT molecular complexity index is 501. The number of non-ortho nitro benzene ring substituents is 1. The van der Waals surface area contributed by atoms with E-state index in [4.69, 9.17) is 0 Å². The number of hydrogen-bond donors (Lipinski definition) is 2. The molecule has 0 bridgehead atoms. The first-order valence-corrected chi connectivity index (χ1v) is 7.10. The minimum Gasteiger partial charge on any atom is -0.324 e. The van der Waals surface area contributed by atoms with E-state index in [1.165, 1.54) is 12.1 Å². The number of nitro benzene ring substituents is 1. The van der Waals surface area contributed by atoms with Gasteiger partial charge in [-0.05, 0) is 12.5 Å². The van der Waals surface area contributed by atoms with Gasteiger partial charge in [0.15, 0.2) is 0 Å². The Morgan fingerprint density at radius 2 is 2.37 bits per heavy atom. The Labute approximate surface area is 115 Å². The first-order chi connectivity index (χ1) is 9.08. The molecule has 1 fully saturated rings. The van der Waals surface area contributed by atoms with E-state index in [0.29, 0.717) is 5.69 Å². The van der Waals surface area contributed by atoms with Crippen molar-refractivity contribution in [3.05, 3.63) is 33.9 Å². The molecular formula is C12H15N3O3S. The number of anilines is 1. The Morgan fingerprint density at radius 1 is 1.58 bits per heavy atom. The Kier molecular flexibility index (Phi) is 4.39. The second kappa shape index (κ2) is 6.03. The van der Waals surface area contributed by atoms with Gasteiger partial charge in [-0.15, -0.1) is 0 Å². The van der Waals surface area contributed by atoms with Crippen LogP contribution in [0.25, 0.3) is 0 Å². The third-order valence-corrected chi connectivity index (χ3v) is 3.99. The number of amides is 1. The molecular weight excluding hydrogens is 266 g/mol. The highest BCUT2D eigenvalue weighted by Gasteiger charge is 2.21. The summed E-state index contributed by atoms with van der Waals surface area (Å²) in [5.41, 5.74) is 1.28. The van der Waals surface area contributed by atoms with Gasteiger partial charge in [0, 0.05) is 30.2 Å². The summed E-state index contributed by atoms with van der Waals surface area (Å²) in [4.78, 5) is 22.3. The molecule has 1 saturated heterocycles. The fraction of sp³-hybridized carbons (Fsp3) is 0.417. The predicted molar refractivity (Wildman–Crippen MR) is 75.6 cm³/mol. The molecule has 1 heterocycles. The minimum atomic E-state index is -0.468. The molecule has 0 radical (unpaired) electrons. The van der Waals surface area contributed by atoms with E-state index in [1.807, 2.05) is 6.92 Å². The molecule has 2 rings (SSSR count). The van der Waals surface area contributed by atoms with Gasteiger partial charge in [-0.3, -0.25) is 14.9 Å². The van der Waals surface area contributed by atoms with Crippen molar-refractivity contribution in [3.8, 4) is 0 Å². The average molecular weight is 281 g/mol. The molecule has 0 saturated carbocycles. The van der Waals surface area contributed by atoms with Gasteiger partial charge < -0.3 is 10.6 Å². The lowest BCUT2D eigenvalue weighted by molar-refractivity contribution is -0.384. The summed E-state index contributed by atoms with van der Waals surface area (Å²) >= 11 is 1.72. The molecule has 1 atom stereocenters. The van der Waals surface area contributed by atoms with E-state index < -0.39 is 4.92 Å². The second-order valence-electron chi connectivity index (χ2n) is 4.33. The maximum absolute atomic E-state index is 12.0. The van der Waals surface area contributed by atoms with Crippen LogP contribution in [0.2, 0.25) is 0 Å². The maximum atomic E-state index is 12.0. The number of hydrogen-bond acceptors (Lipinski definition) is 5. The van der Waals surface area contributed by atoms with Crippen LogP contribution in [0.3, 0.4) is 0 Å². The first-order valence-electron chi connectivity index (χ1n) is 5.95. The van der Waals surface area contributed by atoms with Crippen molar-refractivity contribution in [1.82, 2.24) is 5.32 Å². The molecule has 1 aromatic carbocycles. The van der Waals surface area contributed by atoms with Crippen molar-refractivity contribution in [2.45, 2.75) is 13.0 Å². The number of nitrogens with one attached hydrogen (secondary N) is 2. The molecule has 102 valence electrons. The topological polar surface area (TPSA) is 84.3 Å². The molecule has 1 aliphatic heterocycles. The highest BCUT2D eigenvalue weighted by atomic mass is 32.2. The van der Waals surface area contributed by atoms with Crippen LogP contribution in [0.4, 0.5) is 11.4 Å². The number of benzene rings is 1. The summed E-state index contributed by atoms with van der Waals surface area (Å²) in [7, 11) is 0. The Morgan fingerprint density at radius 3 is 3.00 bits per heavy atom. The van der Waals surface area contributed by atoms with Crippen LogP contribution in [0, 0.1) is 17.0 Å². The minimum absolute atomic E-state index is 0.0214. The summed E-state index contributed by atoms with van der Waals surface area (Å²) in [6.45, 7) is 2.61. The summed E-state index contributed by atoms with van der Waals surface area (Å²) in [6, 6.07) is 4.22. The van der Waals surface area contributed by atoms with Gasteiger partial charge in [-0.25, -0.2) is 0 Å². The summed E-state index contributed by atoms with van der Waals surface area (Å²) in [5.74, 6) is 1.58. The Balaban J connectivity index is 2.11. The first kappa shape index (κ1) is 13.8. The van der Waals surface area contributed by atoms with Crippen LogP contribution in [-0.2, 0) is 4.79 Å². The summed E-state index contributed by atoms with van der Waals surface area (Å²) < 4.78 is 0. The van der Waals surface area contributed by atoms with Gasteiger partial charge in [0.1, 0.15) is 0 Å². The molecule has 1 amide bonds. The molecule has 0 aromatic heterocycles. The maximum Gasteiger partial charge on any atom is 0.271 e. The molecule has 0 spiro atoms. The van der Waals surface area contributed by atoms with E-state index in [9.17, 15) is 14.9 Å². The van der Waals surface area contributed by atoms with Crippen LogP contribution >= 0.6 is 11.8 Å². The lowest BCUT2D eigenvalue weighted by Gasteiger charge is -2.22. The van der Waals surface area contributed by atoms with E-state index in [-0.39, 0.29) is 17.6 Å². The van der Waals surface area contributed by atoms with Crippen molar-refractivity contribution in [3.63, 3.8) is 0 Å². The second-order valence-corrected chi connectivity index (χ2v) is 5.48. The monoisotopic (exact) mass is 281 g/mol. The predicted octanol–water partition coefficient (Wildman–Crippen LogP) is 1.55. The number of nitrogens with zero attached hydrogens (tertiary/aromatic N) is 1. The van der Waals surface area contributed by atoms with Crippen LogP contribution < -0.4 is 10.6 Å². The smallest absolute Gasteiger partial charge is 0.271 e. The van der Waals surface area contributed by atoms with E-state index in [1.54, 1.807) is 17.8 Å². The number of thioether (sulfide) groups is 1. The summed E-state index contributed by atoms with van der Waals surface area (Å²) in [6.07, 6.45) is 0. The van der Waals surface area contributed by atoms with Gasteiger partial charge in [0.2, 0.25) is 5.91 Å². The number of carbonyl (C=O) groups excluding carboxylic acids is 1. The molecule has 2 N–H and O–H groups in total. The third kappa shape index (κ3) is 3.45. The van der Waals surface area contributed by atoms with Gasteiger partial charge in [-0.2, -0.15) is 11.8 Å². The van der Waals surface area contributed by atoms with Crippen LogP contribution in [0.15, 0.2) is 18.2 Å². The number of aryl methyl sites for hydroxylation is 1. The SMILES string of the molecule is Cc1ccc([N+](=O)[O-])cc1NC(=O)C1CSCCN1. The lowest BCUT2D eigenvalue weighted by Crippen LogP contribution is -2.46. The fourth-order valence-electron chi connectivity index (χ4n) is 1.81. The quantitative estimate of drug-likeness (QED) is 0.648. The molecule has 0 aliphatic carbocycles. The van der Waals surface area contributed by atoms with Crippen LogP contribution in [-0.4, -0.2) is 34.9 Å². The van der Waals surface area contributed by atoms with Crippen LogP contribution in [0.5, 0.6) is 0 Å². The van der Waals surface area contributed by atoms with Crippen molar-refractivity contribution in [2.75, 3.05) is 23.4 Å².